The number of ether oxygens (including phenoxy) is 9. The maximum Gasteiger partial charge on any atom is 0.335 e. The van der Waals surface area contributed by atoms with Gasteiger partial charge in [-0.1, -0.05) is 34.3 Å². The van der Waals surface area contributed by atoms with Gasteiger partial charge in [-0.25, -0.2) is 4.79 Å². The minimum atomic E-state index is -1.16. The van der Waals surface area contributed by atoms with Crippen molar-refractivity contribution in [3.63, 3.8) is 0 Å². The highest BCUT2D eigenvalue weighted by Crippen LogP contribution is 2.35. The lowest BCUT2D eigenvalue weighted by Gasteiger charge is -2.46. The van der Waals surface area contributed by atoms with Crippen molar-refractivity contribution >= 4 is 23.9 Å². The smallest absolute Gasteiger partial charge is 0.335 e. The van der Waals surface area contributed by atoms with Crippen molar-refractivity contribution in [2.75, 3.05) is 19.8 Å². The summed E-state index contributed by atoms with van der Waals surface area (Å²) in [6.07, 6.45) is -6.75. The van der Waals surface area contributed by atoms with Crippen LogP contribution >= 0.6 is 0 Å². The van der Waals surface area contributed by atoms with Crippen LogP contribution in [0, 0.1) is 23.7 Å². The predicted molar refractivity (Wildman–Crippen MR) is 143 cm³/mol. The van der Waals surface area contributed by atoms with Crippen LogP contribution in [0.15, 0.2) is 12.2 Å². The lowest BCUT2D eigenvalue weighted by atomic mass is 9.88. The standard InChI is InChI=1S/C29H44O13/c1-13(2)26(33)42-29-25(39-20(9)32)17(6)22(12-36-29)41-28-24(38-19(8)31)16(5)21(11-35-28)40-27-23(37-18(7)30)15(4)14(3)10-34-27/h14-17,21-25,27-29H,1,10-12H2,2-9H3. The van der Waals surface area contributed by atoms with Crippen LogP contribution in [0.5, 0.6) is 0 Å². The molecule has 0 aromatic rings. The zero-order valence-corrected chi connectivity index (χ0v) is 25.6. The monoisotopic (exact) mass is 600 g/mol. The molecule has 13 heteroatoms. The van der Waals surface area contributed by atoms with Gasteiger partial charge in [0.1, 0.15) is 0 Å². The summed E-state index contributed by atoms with van der Waals surface area (Å²) in [6, 6.07) is 0. The SMILES string of the molecule is C=C(C)C(=O)OC1OCC(OC2OCC(OC3OCC(C)C(C)C3OC(C)=O)C(C)C2OC(C)=O)C(C)C1OC(C)=O. The van der Waals surface area contributed by atoms with E-state index in [9.17, 15) is 19.2 Å². The van der Waals surface area contributed by atoms with Crippen LogP contribution in [0.1, 0.15) is 55.4 Å². The summed E-state index contributed by atoms with van der Waals surface area (Å²) in [5.74, 6) is -3.03. The van der Waals surface area contributed by atoms with Crippen LogP contribution in [-0.4, -0.2) is 93.1 Å². The molecule has 3 rings (SSSR count). The van der Waals surface area contributed by atoms with Gasteiger partial charge in [0.2, 0.25) is 6.29 Å². The van der Waals surface area contributed by atoms with Crippen molar-refractivity contribution in [3.8, 4) is 0 Å². The molecule has 3 saturated heterocycles. The maximum atomic E-state index is 12.1. The summed E-state index contributed by atoms with van der Waals surface area (Å²) >= 11 is 0. The zero-order valence-electron chi connectivity index (χ0n) is 25.6. The largest absolute Gasteiger partial charge is 0.457 e. The third kappa shape index (κ3) is 8.50. The van der Waals surface area contributed by atoms with Gasteiger partial charge < -0.3 is 42.6 Å². The van der Waals surface area contributed by atoms with E-state index in [4.69, 9.17) is 42.6 Å². The normalized spacial score (nSPS) is 38.6. The summed E-state index contributed by atoms with van der Waals surface area (Å²) in [5.41, 5.74) is 0.165. The van der Waals surface area contributed by atoms with Gasteiger partial charge in [-0.05, 0) is 12.8 Å². The first kappa shape index (κ1) is 33.9. The molecule has 0 aromatic heterocycles. The highest BCUT2D eigenvalue weighted by molar-refractivity contribution is 5.87. The third-order valence-electron chi connectivity index (χ3n) is 7.90. The molecule has 3 aliphatic heterocycles. The molecule has 0 saturated carbocycles. The predicted octanol–water partition coefficient (Wildman–Crippen LogP) is 2.28. The van der Waals surface area contributed by atoms with Gasteiger partial charge in [0, 0.05) is 44.1 Å². The summed E-state index contributed by atoms with van der Waals surface area (Å²) in [5, 5.41) is 0. The van der Waals surface area contributed by atoms with E-state index in [1.807, 2.05) is 20.8 Å². The van der Waals surface area contributed by atoms with Gasteiger partial charge in [0.25, 0.3) is 0 Å². The number of hydrogen-bond acceptors (Lipinski definition) is 13. The van der Waals surface area contributed by atoms with Crippen molar-refractivity contribution in [1.29, 1.82) is 0 Å². The van der Waals surface area contributed by atoms with E-state index in [0.29, 0.717) is 6.61 Å². The second-order valence-corrected chi connectivity index (χ2v) is 11.4. The highest BCUT2D eigenvalue weighted by atomic mass is 16.8. The molecule has 0 bridgehead atoms. The number of hydrogen-bond donors (Lipinski definition) is 0. The molecule has 3 aliphatic rings. The fourth-order valence-electron chi connectivity index (χ4n) is 5.13. The van der Waals surface area contributed by atoms with Gasteiger partial charge >= 0.3 is 23.9 Å². The van der Waals surface area contributed by atoms with Crippen LogP contribution in [0.25, 0.3) is 0 Å². The molecule has 0 aromatic carbocycles. The van der Waals surface area contributed by atoms with Crippen molar-refractivity contribution in [2.45, 2.75) is 105 Å². The molecule has 0 N–H and O–H groups in total. The summed E-state index contributed by atoms with van der Waals surface area (Å²) in [4.78, 5) is 47.8. The molecular formula is C29H44O13. The molecule has 238 valence electrons. The number of carbonyl (C=O) groups excluding carboxylic acids is 4. The fraction of sp³-hybridized carbons (Fsp3) is 0.793. The molecule has 0 amide bonds. The Balaban J connectivity index is 1.73. The van der Waals surface area contributed by atoms with Crippen LogP contribution in [0.4, 0.5) is 0 Å². The average molecular weight is 601 g/mol. The maximum absolute atomic E-state index is 12.1. The Morgan fingerprint density at radius 2 is 0.952 bits per heavy atom. The molecule has 12 unspecified atom stereocenters. The Hall–Kier alpha value is -2.58. The molecule has 0 radical (unpaired) electrons. The fourth-order valence-corrected chi connectivity index (χ4v) is 5.13. The van der Waals surface area contributed by atoms with Crippen molar-refractivity contribution in [3.05, 3.63) is 12.2 Å². The van der Waals surface area contributed by atoms with Crippen LogP contribution in [-0.2, 0) is 61.8 Å². The van der Waals surface area contributed by atoms with Crippen LogP contribution < -0.4 is 0 Å². The van der Waals surface area contributed by atoms with Crippen molar-refractivity contribution < 1.29 is 61.8 Å². The second kappa shape index (κ2) is 14.7. The zero-order chi connectivity index (χ0) is 31.3. The molecule has 12 atom stereocenters. The summed E-state index contributed by atoms with van der Waals surface area (Å²) < 4.78 is 52.1. The number of rotatable bonds is 9. The molecule has 13 nitrogen and oxygen atoms in total. The van der Waals surface area contributed by atoms with Crippen molar-refractivity contribution in [2.24, 2.45) is 23.7 Å². The third-order valence-corrected chi connectivity index (χ3v) is 7.90. The first-order chi connectivity index (χ1) is 19.7. The lowest BCUT2D eigenvalue weighted by molar-refractivity contribution is -0.332. The second-order valence-electron chi connectivity index (χ2n) is 11.4. The Morgan fingerprint density at radius 1 is 0.571 bits per heavy atom. The van der Waals surface area contributed by atoms with E-state index in [2.05, 4.69) is 6.58 Å². The van der Waals surface area contributed by atoms with Gasteiger partial charge in [-0.3, -0.25) is 14.4 Å². The first-order valence-corrected chi connectivity index (χ1v) is 14.2. The molecule has 42 heavy (non-hydrogen) atoms. The Kier molecular flexibility index (Phi) is 11.9. The van der Waals surface area contributed by atoms with E-state index in [-0.39, 0.29) is 30.6 Å². The lowest BCUT2D eigenvalue weighted by Crippen LogP contribution is -2.58. The first-order valence-electron chi connectivity index (χ1n) is 14.2. The number of esters is 4. The van der Waals surface area contributed by atoms with Crippen LogP contribution in [0.3, 0.4) is 0 Å². The average Bonchev–Trinajstić information content (AvgIpc) is 2.89. The van der Waals surface area contributed by atoms with E-state index in [0.717, 1.165) is 0 Å². The Labute approximate surface area is 246 Å². The van der Waals surface area contributed by atoms with Crippen molar-refractivity contribution in [1.82, 2.24) is 0 Å². The van der Waals surface area contributed by atoms with Crippen LogP contribution in [0.2, 0.25) is 0 Å². The number of carbonyl (C=O) groups is 4. The van der Waals surface area contributed by atoms with Gasteiger partial charge in [-0.2, -0.15) is 0 Å². The molecule has 0 aliphatic carbocycles. The van der Waals surface area contributed by atoms with Gasteiger partial charge in [-0.15, -0.1) is 0 Å². The Bertz CT molecular complexity index is 998. The van der Waals surface area contributed by atoms with E-state index >= 15 is 0 Å². The highest BCUT2D eigenvalue weighted by Gasteiger charge is 2.49. The Morgan fingerprint density at radius 3 is 1.38 bits per heavy atom. The van der Waals surface area contributed by atoms with Gasteiger partial charge in [0.15, 0.2) is 30.9 Å². The molecule has 3 fully saturated rings. The van der Waals surface area contributed by atoms with Gasteiger partial charge in [0.05, 0.1) is 32.0 Å². The molecule has 0 spiro atoms. The van der Waals surface area contributed by atoms with E-state index < -0.39 is 85.1 Å². The van der Waals surface area contributed by atoms with E-state index in [1.165, 1.54) is 27.7 Å². The summed E-state index contributed by atoms with van der Waals surface area (Å²) in [6.45, 7) is 17.0. The quantitative estimate of drug-likeness (QED) is 0.216. The topological polar surface area (TPSA) is 151 Å². The minimum absolute atomic E-state index is 0.00994. The minimum Gasteiger partial charge on any atom is -0.457 e. The molecule has 3 heterocycles. The summed E-state index contributed by atoms with van der Waals surface area (Å²) in [7, 11) is 0. The molecular weight excluding hydrogens is 556 g/mol. The van der Waals surface area contributed by atoms with E-state index in [1.54, 1.807) is 6.92 Å².